The Hall–Kier alpha value is -2.28. The number of hydrogen-bond donors (Lipinski definition) is 0. The van der Waals surface area contributed by atoms with E-state index in [1.165, 1.54) is 31.2 Å². The van der Waals surface area contributed by atoms with Gasteiger partial charge in [-0.3, -0.25) is 14.4 Å². The van der Waals surface area contributed by atoms with Crippen molar-refractivity contribution >= 4 is 12.2 Å². The lowest BCUT2D eigenvalue weighted by Gasteiger charge is -2.24. The van der Waals surface area contributed by atoms with Gasteiger partial charge in [0.1, 0.15) is 0 Å². The number of rotatable bonds is 7. The van der Waals surface area contributed by atoms with E-state index in [1.807, 2.05) is 0 Å². The maximum Gasteiger partial charge on any atom is 0.203 e. The number of hydrogen-bond acceptors (Lipinski definition) is 4. The van der Waals surface area contributed by atoms with Gasteiger partial charge >= 0.3 is 0 Å². The molecule has 2 fully saturated rings. The van der Waals surface area contributed by atoms with Crippen LogP contribution in [0.2, 0.25) is 0 Å². The van der Waals surface area contributed by atoms with Crippen LogP contribution >= 0.6 is 12.2 Å². The van der Waals surface area contributed by atoms with E-state index in [2.05, 4.69) is 79.7 Å². The lowest BCUT2D eigenvalue weighted by molar-refractivity contribution is 0.187. The first-order chi connectivity index (χ1) is 15.3. The number of para-hydroxylation sites is 1. The number of nitrogens with zero attached hydrogens (tertiary/aromatic N) is 5. The third-order valence-corrected chi connectivity index (χ3v) is 7.01. The molecule has 5 rings (SSSR count). The van der Waals surface area contributed by atoms with E-state index in [9.17, 15) is 0 Å². The van der Waals surface area contributed by atoms with Crippen LogP contribution in [-0.4, -0.2) is 49.8 Å². The fourth-order valence-electron chi connectivity index (χ4n) is 5.00. The average molecular weight is 434 g/mol. The van der Waals surface area contributed by atoms with E-state index in [1.54, 1.807) is 0 Å². The fraction of sp³-hybridized carbons (Fsp3) is 0.440. The maximum atomic E-state index is 5.96. The van der Waals surface area contributed by atoms with E-state index >= 15 is 0 Å². The van der Waals surface area contributed by atoms with Crippen molar-refractivity contribution in [2.24, 2.45) is 0 Å². The molecule has 0 aliphatic carbocycles. The summed E-state index contributed by atoms with van der Waals surface area (Å²) in [5.74, 6) is 1.05. The molecule has 0 amide bonds. The second kappa shape index (κ2) is 9.47. The van der Waals surface area contributed by atoms with Crippen molar-refractivity contribution in [2.75, 3.05) is 19.6 Å². The molecule has 1 aromatic heterocycles. The van der Waals surface area contributed by atoms with Gasteiger partial charge in [-0.25, -0.2) is 4.68 Å². The highest BCUT2D eigenvalue weighted by Crippen LogP contribution is 2.23. The minimum atomic E-state index is 0.549. The Labute approximate surface area is 189 Å². The Morgan fingerprint density at radius 3 is 2.32 bits per heavy atom. The molecule has 0 bridgehead atoms. The predicted octanol–water partition coefficient (Wildman–Crippen LogP) is 4.66. The topological polar surface area (TPSA) is 29.2 Å². The predicted molar refractivity (Wildman–Crippen MR) is 127 cm³/mol. The Kier molecular flexibility index (Phi) is 6.30. The van der Waals surface area contributed by atoms with Gasteiger partial charge in [0, 0.05) is 18.3 Å². The van der Waals surface area contributed by atoms with E-state index in [-0.39, 0.29) is 0 Å². The van der Waals surface area contributed by atoms with Crippen LogP contribution in [0.5, 0.6) is 0 Å². The smallest absolute Gasteiger partial charge is 0.203 e. The highest BCUT2D eigenvalue weighted by molar-refractivity contribution is 7.71. The molecule has 162 valence electrons. The summed E-state index contributed by atoms with van der Waals surface area (Å²) in [6, 6.07) is 21.8. The molecule has 5 nitrogen and oxygen atoms in total. The minimum absolute atomic E-state index is 0.549. The normalized spacial score (nSPS) is 19.9. The van der Waals surface area contributed by atoms with Crippen LogP contribution in [0.15, 0.2) is 60.7 Å². The monoisotopic (exact) mass is 433 g/mol. The summed E-state index contributed by atoms with van der Waals surface area (Å²) < 4.78 is 5.03. The summed E-state index contributed by atoms with van der Waals surface area (Å²) >= 11 is 5.96. The van der Waals surface area contributed by atoms with Crippen molar-refractivity contribution in [3.05, 3.63) is 76.8 Å². The van der Waals surface area contributed by atoms with Gasteiger partial charge in [0.2, 0.25) is 4.77 Å². The van der Waals surface area contributed by atoms with Crippen LogP contribution in [0.25, 0.3) is 5.69 Å². The molecule has 1 unspecified atom stereocenters. The SMILES string of the molecule is S=c1n(CN2CCCC2Cc2ccccc2)nc(CN2CCCC2)n1-c1ccccc1. The molecule has 6 heteroatoms. The molecular weight excluding hydrogens is 402 g/mol. The van der Waals surface area contributed by atoms with Crippen LogP contribution in [0.1, 0.15) is 37.1 Å². The zero-order valence-corrected chi connectivity index (χ0v) is 18.9. The summed E-state index contributed by atoms with van der Waals surface area (Å²) in [7, 11) is 0. The largest absolute Gasteiger partial charge is 0.296 e. The fourth-order valence-corrected chi connectivity index (χ4v) is 5.30. The second-order valence-corrected chi connectivity index (χ2v) is 9.16. The van der Waals surface area contributed by atoms with Crippen LogP contribution in [-0.2, 0) is 19.6 Å². The van der Waals surface area contributed by atoms with Gasteiger partial charge in [0.05, 0.1) is 13.2 Å². The van der Waals surface area contributed by atoms with Crippen molar-refractivity contribution in [3.8, 4) is 5.69 Å². The van der Waals surface area contributed by atoms with Crippen LogP contribution in [0.4, 0.5) is 0 Å². The average Bonchev–Trinajstić information content (AvgIpc) is 3.53. The number of likely N-dealkylation sites (tertiary alicyclic amines) is 2. The third-order valence-electron chi connectivity index (χ3n) is 6.61. The minimum Gasteiger partial charge on any atom is -0.296 e. The summed E-state index contributed by atoms with van der Waals surface area (Å²) in [4.78, 5) is 5.06. The van der Waals surface area contributed by atoms with Gasteiger partial charge in [0.25, 0.3) is 0 Å². The highest BCUT2D eigenvalue weighted by atomic mass is 32.1. The molecule has 2 aromatic carbocycles. The van der Waals surface area contributed by atoms with Crippen molar-refractivity contribution in [1.82, 2.24) is 24.1 Å². The quantitative estimate of drug-likeness (QED) is 0.507. The lowest BCUT2D eigenvalue weighted by atomic mass is 10.0. The molecule has 3 aromatic rings. The number of aromatic nitrogens is 3. The van der Waals surface area contributed by atoms with Crippen LogP contribution < -0.4 is 0 Å². The van der Waals surface area contributed by atoms with E-state index in [0.29, 0.717) is 6.04 Å². The third kappa shape index (κ3) is 4.66. The second-order valence-electron chi connectivity index (χ2n) is 8.79. The van der Waals surface area contributed by atoms with Gasteiger partial charge in [-0.05, 0) is 75.1 Å². The first kappa shape index (κ1) is 20.6. The Morgan fingerprint density at radius 2 is 1.58 bits per heavy atom. The van der Waals surface area contributed by atoms with E-state index in [4.69, 9.17) is 17.3 Å². The molecule has 2 aliphatic rings. The molecule has 31 heavy (non-hydrogen) atoms. The van der Waals surface area contributed by atoms with E-state index < -0.39 is 0 Å². The van der Waals surface area contributed by atoms with Gasteiger partial charge in [-0.15, -0.1) is 0 Å². The van der Waals surface area contributed by atoms with Crippen molar-refractivity contribution in [1.29, 1.82) is 0 Å². The summed E-state index contributed by atoms with van der Waals surface area (Å²) in [6.45, 7) is 5.04. The highest BCUT2D eigenvalue weighted by Gasteiger charge is 2.26. The van der Waals surface area contributed by atoms with Gasteiger partial charge < -0.3 is 0 Å². The first-order valence-electron chi connectivity index (χ1n) is 11.5. The molecule has 0 N–H and O–H groups in total. The van der Waals surface area contributed by atoms with Gasteiger partial charge in [0.15, 0.2) is 5.82 Å². The van der Waals surface area contributed by atoms with Gasteiger partial charge in [-0.2, -0.15) is 5.10 Å². The summed E-state index contributed by atoms with van der Waals surface area (Å²) in [5.41, 5.74) is 2.52. The van der Waals surface area contributed by atoms with Crippen molar-refractivity contribution < 1.29 is 0 Å². The van der Waals surface area contributed by atoms with Gasteiger partial charge in [-0.1, -0.05) is 48.5 Å². The summed E-state index contributed by atoms with van der Waals surface area (Å²) in [5, 5.41) is 5.05. The molecule has 2 aliphatic heterocycles. The molecule has 0 saturated carbocycles. The Bertz CT molecular complexity index is 1040. The molecule has 3 heterocycles. The Balaban J connectivity index is 1.41. The molecule has 1 atom stereocenters. The van der Waals surface area contributed by atoms with Crippen molar-refractivity contribution in [3.63, 3.8) is 0 Å². The van der Waals surface area contributed by atoms with E-state index in [0.717, 1.165) is 55.6 Å². The zero-order valence-electron chi connectivity index (χ0n) is 18.1. The molecule has 2 saturated heterocycles. The Morgan fingerprint density at radius 1 is 0.871 bits per heavy atom. The standard InChI is InChI=1S/C25H31N5S/c31-25-29(20-28-17-9-14-23(28)18-21-10-3-1-4-11-21)26-24(19-27-15-7-8-16-27)30(25)22-12-5-2-6-13-22/h1-6,10-13,23H,7-9,14-20H2. The maximum absolute atomic E-state index is 5.96. The zero-order chi connectivity index (χ0) is 21.0. The van der Waals surface area contributed by atoms with Crippen LogP contribution in [0.3, 0.4) is 0 Å². The number of benzene rings is 2. The summed E-state index contributed by atoms with van der Waals surface area (Å²) in [6.07, 6.45) is 6.13. The molecule has 0 spiro atoms. The molecule has 0 radical (unpaired) electrons. The lowest BCUT2D eigenvalue weighted by Crippen LogP contribution is -2.33. The first-order valence-corrected chi connectivity index (χ1v) is 11.9. The van der Waals surface area contributed by atoms with Crippen LogP contribution in [0, 0.1) is 4.77 Å². The molecular formula is C25H31N5S. The van der Waals surface area contributed by atoms with Crippen molar-refractivity contribution in [2.45, 2.75) is 51.4 Å².